The van der Waals surface area contributed by atoms with Crippen molar-refractivity contribution in [1.29, 1.82) is 0 Å². The lowest BCUT2D eigenvalue weighted by Gasteiger charge is -2.33. The Hall–Kier alpha value is -0.900. The van der Waals surface area contributed by atoms with Crippen molar-refractivity contribution in [3.05, 3.63) is 35.9 Å². The minimum atomic E-state index is -0.543. The van der Waals surface area contributed by atoms with Crippen LogP contribution in [0.4, 0.5) is 0 Å². The zero-order valence-electron chi connectivity index (χ0n) is 11.6. The number of aliphatic hydroxyl groups is 1. The molecule has 99 valence electrons. The third-order valence-corrected chi connectivity index (χ3v) is 4.47. The molecule has 2 rings (SSSR count). The van der Waals surface area contributed by atoms with Crippen LogP contribution in [0.15, 0.2) is 30.3 Å². The largest absolute Gasteiger partial charge is 0.396 e. The molecule has 1 aromatic rings. The fraction of sp³-hybridized carbons (Fsp3) is 0.600. The normalized spacial score (nSPS) is 30.6. The van der Waals surface area contributed by atoms with E-state index in [1.54, 1.807) is 0 Å². The molecule has 1 aliphatic heterocycles. The smallest absolute Gasteiger partial charge is 0.0516 e. The monoisotopic (exact) mass is 248 g/mol. The van der Waals surface area contributed by atoms with Crippen LogP contribution in [0.1, 0.15) is 39.2 Å². The van der Waals surface area contributed by atoms with E-state index in [9.17, 15) is 10.3 Å². The van der Waals surface area contributed by atoms with Crippen molar-refractivity contribution in [2.75, 3.05) is 6.61 Å². The van der Waals surface area contributed by atoms with Crippen LogP contribution in [-0.2, 0) is 5.21 Å². The van der Waals surface area contributed by atoms with Gasteiger partial charge in [0.15, 0.2) is 0 Å². The van der Waals surface area contributed by atoms with Crippen molar-refractivity contribution in [3.8, 4) is 0 Å². The quantitative estimate of drug-likeness (QED) is 0.874. The molecule has 0 aromatic heterocycles. The zero-order valence-corrected chi connectivity index (χ0v) is 11.6. The van der Waals surface area contributed by atoms with Gasteiger partial charge in [0.05, 0.1) is 5.54 Å². The minimum absolute atomic E-state index is 0.0364. The summed E-state index contributed by atoms with van der Waals surface area (Å²) < 4.78 is 0. The number of benzene rings is 1. The number of nitrogens with zero attached hydrogens (tertiary/aromatic N) is 1. The molecule has 3 nitrogen and oxygen atoms in total. The second-order valence-electron chi connectivity index (χ2n) is 6.28. The lowest BCUT2D eigenvalue weighted by Crippen LogP contribution is -2.47. The maximum absolute atomic E-state index is 12.5. The highest BCUT2D eigenvalue weighted by molar-refractivity contribution is 5.29. The van der Waals surface area contributed by atoms with Gasteiger partial charge in [-0.1, -0.05) is 30.3 Å². The summed E-state index contributed by atoms with van der Waals surface area (Å²) in [4.78, 5) is 0. The van der Waals surface area contributed by atoms with Gasteiger partial charge in [0.1, 0.15) is 0 Å². The van der Waals surface area contributed by atoms with Crippen molar-refractivity contribution in [2.24, 2.45) is 5.92 Å². The number of hydrogen-bond donors (Lipinski definition) is 1. The number of aliphatic hydroxyl groups excluding tert-OH is 1. The molecule has 0 spiro atoms. The van der Waals surface area contributed by atoms with Crippen molar-refractivity contribution in [2.45, 2.75) is 44.7 Å². The van der Waals surface area contributed by atoms with Gasteiger partial charge < -0.3 is 5.11 Å². The summed E-state index contributed by atoms with van der Waals surface area (Å²) in [7, 11) is 0. The van der Waals surface area contributed by atoms with Gasteiger partial charge in [-0.15, -0.1) is 10.3 Å². The van der Waals surface area contributed by atoms with E-state index in [2.05, 4.69) is 0 Å². The first-order valence-electron chi connectivity index (χ1n) is 6.46. The third-order valence-electron chi connectivity index (χ3n) is 4.47. The van der Waals surface area contributed by atoms with Crippen molar-refractivity contribution in [3.63, 3.8) is 0 Å². The Bertz CT molecular complexity index is 414. The molecular formula is C15H22NO2. The maximum atomic E-state index is 12.5. The van der Waals surface area contributed by atoms with E-state index in [0.717, 1.165) is 5.56 Å². The van der Waals surface area contributed by atoms with Gasteiger partial charge in [0.25, 0.3) is 0 Å². The van der Waals surface area contributed by atoms with E-state index in [1.807, 2.05) is 58.0 Å². The van der Waals surface area contributed by atoms with E-state index in [-0.39, 0.29) is 18.4 Å². The fourth-order valence-corrected chi connectivity index (χ4v) is 3.55. The Morgan fingerprint density at radius 3 is 2.17 bits per heavy atom. The predicted molar refractivity (Wildman–Crippen MR) is 70.4 cm³/mol. The van der Waals surface area contributed by atoms with Gasteiger partial charge in [-0.05, 0) is 33.3 Å². The molecule has 3 heteroatoms. The zero-order chi connectivity index (χ0) is 13.6. The molecule has 1 saturated heterocycles. The van der Waals surface area contributed by atoms with Gasteiger partial charge in [0, 0.05) is 24.0 Å². The van der Waals surface area contributed by atoms with E-state index in [4.69, 9.17) is 0 Å². The molecule has 0 saturated carbocycles. The SMILES string of the molecule is CC1(C)[C@@H](CO)[C@H](c2ccccc2)C(C)(C)N1[O]. The summed E-state index contributed by atoms with van der Waals surface area (Å²) in [6.45, 7) is 7.82. The van der Waals surface area contributed by atoms with E-state index < -0.39 is 11.1 Å². The Kier molecular flexibility index (Phi) is 3.26. The number of hydroxylamine groups is 2. The Morgan fingerprint density at radius 1 is 1.11 bits per heavy atom. The molecule has 1 radical (unpaired) electrons. The standard InChI is InChI=1S/C15H22NO2/c1-14(2)12(10-17)13(15(3,4)16(14)18)11-8-6-5-7-9-11/h5-9,12-13,17H,10H2,1-4H3/t12-,13-/m0/s1. The summed E-state index contributed by atoms with van der Waals surface area (Å²) >= 11 is 0. The number of hydrogen-bond acceptors (Lipinski definition) is 2. The average Bonchev–Trinajstić information content (AvgIpc) is 2.47. The molecule has 0 amide bonds. The second-order valence-corrected chi connectivity index (χ2v) is 6.28. The van der Waals surface area contributed by atoms with Crippen LogP contribution in [0.2, 0.25) is 0 Å². The summed E-state index contributed by atoms with van der Waals surface area (Å²) in [5.41, 5.74) is 0.0877. The topological polar surface area (TPSA) is 43.4 Å². The highest BCUT2D eigenvalue weighted by atomic mass is 16.5. The lowest BCUT2D eigenvalue weighted by atomic mass is 9.74. The van der Waals surface area contributed by atoms with Crippen LogP contribution in [-0.4, -0.2) is 27.9 Å². The van der Waals surface area contributed by atoms with Crippen LogP contribution in [0.3, 0.4) is 0 Å². The van der Waals surface area contributed by atoms with Crippen LogP contribution in [0.25, 0.3) is 0 Å². The van der Waals surface area contributed by atoms with Gasteiger partial charge in [-0.2, -0.15) is 0 Å². The summed E-state index contributed by atoms with van der Waals surface area (Å²) in [6, 6.07) is 10.0. The van der Waals surface area contributed by atoms with Gasteiger partial charge >= 0.3 is 0 Å². The maximum Gasteiger partial charge on any atom is 0.0516 e. The third kappa shape index (κ3) is 1.78. The van der Waals surface area contributed by atoms with E-state index in [0.29, 0.717) is 0 Å². The Balaban J connectivity index is 2.51. The van der Waals surface area contributed by atoms with Gasteiger partial charge in [-0.25, -0.2) is 0 Å². The first-order chi connectivity index (χ1) is 8.33. The van der Waals surface area contributed by atoms with Crippen molar-refractivity contribution < 1.29 is 10.3 Å². The highest BCUT2D eigenvalue weighted by Gasteiger charge is 2.59. The Morgan fingerprint density at radius 2 is 1.67 bits per heavy atom. The molecule has 18 heavy (non-hydrogen) atoms. The van der Waals surface area contributed by atoms with Crippen LogP contribution >= 0.6 is 0 Å². The first-order valence-corrected chi connectivity index (χ1v) is 6.46. The predicted octanol–water partition coefficient (Wildman–Crippen LogP) is 2.60. The molecule has 1 fully saturated rings. The molecule has 1 heterocycles. The van der Waals surface area contributed by atoms with Gasteiger partial charge in [-0.3, -0.25) is 0 Å². The molecule has 0 unspecified atom stereocenters. The van der Waals surface area contributed by atoms with Crippen molar-refractivity contribution in [1.82, 2.24) is 5.06 Å². The van der Waals surface area contributed by atoms with Crippen LogP contribution in [0.5, 0.6) is 0 Å². The molecule has 0 aliphatic carbocycles. The molecule has 0 bridgehead atoms. The lowest BCUT2D eigenvalue weighted by molar-refractivity contribution is -0.250. The fourth-order valence-electron chi connectivity index (χ4n) is 3.55. The van der Waals surface area contributed by atoms with E-state index >= 15 is 0 Å². The molecular weight excluding hydrogens is 226 g/mol. The van der Waals surface area contributed by atoms with E-state index in [1.165, 1.54) is 5.06 Å². The van der Waals surface area contributed by atoms with Crippen LogP contribution in [0, 0.1) is 5.92 Å². The molecule has 1 N–H and O–H groups in total. The molecule has 2 atom stereocenters. The highest BCUT2D eigenvalue weighted by Crippen LogP contribution is 2.52. The number of rotatable bonds is 2. The molecule has 1 aliphatic rings. The van der Waals surface area contributed by atoms with Crippen LogP contribution < -0.4 is 0 Å². The molecule has 1 aromatic carbocycles. The first kappa shape index (κ1) is 13.5. The second kappa shape index (κ2) is 4.34. The van der Waals surface area contributed by atoms with Crippen molar-refractivity contribution >= 4 is 0 Å². The summed E-state index contributed by atoms with van der Waals surface area (Å²) in [5, 5.41) is 23.4. The summed E-state index contributed by atoms with van der Waals surface area (Å²) in [6.07, 6.45) is 0. The summed E-state index contributed by atoms with van der Waals surface area (Å²) in [5.74, 6) is 0.00333. The minimum Gasteiger partial charge on any atom is -0.396 e. The Labute approximate surface area is 109 Å². The average molecular weight is 248 g/mol. The van der Waals surface area contributed by atoms with Gasteiger partial charge in [0.2, 0.25) is 0 Å².